The molecule has 5 heteroatoms. The van der Waals surface area contributed by atoms with Gasteiger partial charge in [0.2, 0.25) is 0 Å². The molecule has 2 aliphatic heterocycles. The average molecular weight is 375 g/mol. The number of ether oxygens (including phenoxy) is 3. The first-order valence-electron chi connectivity index (χ1n) is 9.59. The standard InChI is InChI=1S/C23H21NO4/c25-22-23(27-13-5-14-28-23)20-8-3-4-9-21(20)24(22)12-15-26-19-11-10-17-6-1-2-7-18(17)16-19/h1-4,6-11,16H,5,12-15H2. The summed E-state index contributed by atoms with van der Waals surface area (Å²) in [6.45, 7) is 1.84. The molecule has 1 spiro atoms. The van der Waals surface area contributed by atoms with Crippen molar-refractivity contribution in [1.29, 1.82) is 0 Å². The molecule has 0 N–H and O–H groups in total. The SMILES string of the molecule is O=C1N(CCOc2ccc3ccccc3c2)c2ccccc2C12OCCCO2. The fraction of sp³-hybridized carbons (Fsp3) is 0.261. The first-order chi connectivity index (χ1) is 13.8. The Hall–Kier alpha value is -2.89. The van der Waals surface area contributed by atoms with Crippen LogP contribution in [0.5, 0.6) is 5.75 Å². The van der Waals surface area contributed by atoms with Gasteiger partial charge in [-0.2, -0.15) is 0 Å². The zero-order valence-electron chi connectivity index (χ0n) is 15.5. The van der Waals surface area contributed by atoms with Crippen molar-refractivity contribution in [2.45, 2.75) is 12.2 Å². The van der Waals surface area contributed by atoms with E-state index in [9.17, 15) is 4.79 Å². The van der Waals surface area contributed by atoms with E-state index in [2.05, 4.69) is 12.1 Å². The molecule has 0 bridgehead atoms. The van der Waals surface area contributed by atoms with E-state index in [0.717, 1.165) is 28.8 Å². The number of carbonyl (C=O) groups excluding carboxylic acids is 1. The minimum atomic E-state index is -1.29. The van der Waals surface area contributed by atoms with Gasteiger partial charge in [-0.25, -0.2) is 0 Å². The topological polar surface area (TPSA) is 48.0 Å². The normalized spacial score (nSPS) is 17.9. The van der Waals surface area contributed by atoms with E-state index in [-0.39, 0.29) is 5.91 Å². The maximum absolute atomic E-state index is 13.2. The Morgan fingerprint density at radius 1 is 0.929 bits per heavy atom. The molecule has 1 fully saturated rings. The minimum absolute atomic E-state index is 0.171. The van der Waals surface area contributed by atoms with Crippen molar-refractivity contribution in [3.8, 4) is 5.75 Å². The maximum Gasteiger partial charge on any atom is 0.292 e. The molecule has 0 unspecified atom stereocenters. The van der Waals surface area contributed by atoms with E-state index >= 15 is 0 Å². The summed E-state index contributed by atoms with van der Waals surface area (Å²) >= 11 is 0. The van der Waals surface area contributed by atoms with Crippen molar-refractivity contribution in [1.82, 2.24) is 0 Å². The summed E-state index contributed by atoms with van der Waals surface area (Å²) in [7, 11) is 0. The highest BCUT2D eigenvalue weighted by Gasteiger charge is 2.54. The first kappa shape index (κ1) is 17.2. The number of fused-ring (bicyclic) bond motifs is 3. The average Bonchev–Trinajstić information content (AvgIpc) is 2.97. The van der Waals surface area contributed by atoms with E-state index in [1.807, 2.05) is 54.6 Å². The number of hydrogen-bond acceptors (Lipinski definition) is 4. The molecule has 2 aliphatic rings. The molecule has 0 atom stereocenters. The smallest absolute Gasteiger partial charge is 0.292 e. The molecule has 3 aromatic rings. The van der Waals surface area contributed by atoms with E-state index in [0.29, 0.717) is 26.4 Å². The van der Waals surface area contributed by atoms with Crippen LogP contribution in [0.3, 0.4) is 0 Å². The molecule has 28 heavy (non-hydrogen) atoms. The Bertz CT molecular complexity index is 1030. The Kier molecular flexibility index (Phi) is 4.26. The van der Waals surface area contributed by atoms with Gasteiger partial charge in [-0.15, -0.1) is 0 Å². The molecule has 142 valence electrons. The Labute approximate surface area is 163 Å². The van der Waals surface area contributed by atoms with Gasteiger partial charge in [0.15, 0.2) is 0 Å². The molecule has 5 nitrogen and oxygen atoms in total. The lowest BCUT2D eigenvalue weighted by molar-refractivity contribution is -0.256. The summed E-state index contributed by atoms with van der Waals surface area (Å²) in [5.74, 6) is -0.674. The van der Waals surface area contributed by atoms with Crippen LogP contribution in [0.2, 0.25) is 0 Å². The highest BCUT2D eigenvalue weighted by atomic mass is 16.7. The molecule has 1 saturated heterocycles. The molecule has 0 aliphatic carbocycles. The summed E-state index contributed by atoms with van der Waals surface area (Å²) in [5.41, 5.74) is 1.61. The molecule has 0 aromatic heterocycles. The number of carbonyl (C=O) groups is 1. The van der Waals surface area contributed by atoms with Crippen molar-refractivity contribution in [2.75, 3.05) is 31.3 Å². The predicted molar refractivity (Wildman–Crippen MR) is 106 cm³/mol. The lowest BCUT2D eigenvalue weighted by atomic mass is 10.1. The van der Waals surface area contributed by atoms with Crippen LogP contribution in [0, 0.1) is 0 Å². The fourth-order valence-electron chi connectivity index (χ4n) is 3.93. The lowest BCUT2D eigenvalue weighted by Gasteiger charge is -2.32. The Morgan fingerprint density at radius 3 is 2.54 bits per heavy atom. The number of amides is 1. The van der Waals surface area contributed by atoms with E-state index < -0.39 is 5.79 Å². The van der Waals surface area contributed by atoms with E-state index in [4.69, 9.17) is 14.2 Å². The largest absolute Gasteiger partial charge is 0.492 e. The quantitative estimate of drug-likeness (QED) is 0.695. The van der Waals surface area contributed by atoms with Gasteiger partial charge in [-0.1, -0.05) is 48.5 Å². The number of benzene rings is 3. The van der Waals surface area contributed by atoms with Crippen LogP contribution in [0.1, 0.15) is 12.0 Å². The van der Waals surface area contributed by atoms with E-state index in [1.165, 1.54) is 5.39 Å². The number of nitrogens with zero attached hydrogens (tertiary/aromatic N) is 1. The highest BCUT2D eigenvalue weighted by molar-refractivity contribution is 6.06. The lowest BCUT2D eigenvalue weighted by Crippen LogP contribution is -2.48. The van der Waals surface area contributed by atoms with Gasteiger partial charge in [-0.05, 0) is 35.4 Å². The summed E-state index contributed by atoms with van der Waals surface area (Å²) in [5, 5.41) is 2.30. The Balaban J connectivity index is 1.34. The van der Waals surface area contributed by atoms with Crippen molar-refractivity contribution < 1.29 is 19.0 Å². The van der Waals surface area contributed by atoms with Gasteiger partial charge in [-0.3, -0.25) is 4.79 Å². The maximum atomic E-state index is 13.2. The van der Waals surface area contributed by atoms with Gasteiger partial charge in [0.25, 0.3) is 11.7 Å². The van der Waals surface area contributed by atoms with Crippen LogP contribution in [0.15, 0.2) is 66.7 Å². The summed E-state index contributed by atoms with van der Waals surface area (Å²) in [6, 6.07) is 21.8. The molecule has 1 amide bonds. The van der Waals surface area contributed by atoms with Crippen LogP contribution in [0.4, 0.5) is 5.69 Å². The number of hydrogen-bond donors (Lipinski definition) is 0. The van der Waals surface area contributed by atoms with Crippen molar-refractivity contribution in [2.24, 2.45) is 0 Å². The monoisotopic (exact) mass is 375 g/mol. The fourth-order valence-corrected chi connectivity index (χ4v) is 3.93. The second-order valence-electron chi connectivity index (χ2n) is 7.00. The molecule has 5 rings (SSSR count). The second kappa shape index (κ2) is 6.93. The third-order valence-electron chi connectivity index (χ3n) is 5.28. The zero-order chi connectivity index (χ0) is 19.0. The molecule has 0 saturated carbocycles. The molecule has 2 heterocycles. The second-order valence-corrected chi connectivity index (χ2v) is 7.00. The third kappa shape index (κ3) is 2.75. The van der Waals surface area contributed by atoms with Crippen LogP contribution in [0.25, 0.3) is 10.8 Å². The number of para-hydroxylation sites is 1. The van der Waals surface area contributed by atoms with Gasteiger partial charge >= 0.3 is 0 Å². The third-order valence-corrected chi connectivity index (χ3v) is 5.28. The predicted octanol–water partition coefficient (Wildman–Crippen LogP) is 3.86. The van der Waals surface area contributed by atoms with Crippen molar-refractivity contribution >= 4 is 22.4 Å². The molecular weight excluding hydrogens is 354 g/mol. The van der Waals surface area contributed by atoms with Crippen molar-refractivity contribution in [3.05, 3.63) is 72.3 Å². The van der Waals surface area contributed by atoms with Gasteiger partial charge in [0, 0.05) is 5.56 Å². The highest BCUT2D eigenvalue weighted by Crippen LogP contribution is 2.44. The van der Waals surface area contributed by atoms with Crippen LogP contribution in [-0.2, 0) is 20.1 Å². The molecular formula is C23H21NO4. The van der Waals surface area contributed by atoms with Crippen molar-refractivity contribution in [3.63, 3.8) is 0 Å². The van der Waals surface area contributed by atoms with Gasteiger partial charge in [0.05, 0.1) is 25.4 Å². The molecule has 3 aromatic carbocycles. The van der Waals surface area contributed by atoms with Gasteiger partial charge in [0.1, 0.15) is 12.4 Å². The van der Waals surface area contributed by atoms with Gasteiger partial charge < -0.3 is 19.1 Å². The van der Waals surface area contributed by atoms with E-state index in [1.54, 1.807) is 4.90 Å². The minimum Gasteiger partial charge on any atom is -0.492 e. The van der Waals surface area contributed by atoms with Crippen LogP contribution >= 0.6 is 0 Å². The van der Waals surface area contributed by atoms with Crippen LogP contribution < -0.4 is 9.64 Å². The number of rotatable bonds is 4. The number of anilines is 1. The first-order valence-corrected chi connectivity index (χ1v) is 9.59. The Morgan fingerprint density at radius 2 is 1.68 bits per heavy atom. The molecule has 0 radical (unpaired) electrons. The van der Waals surface area contributed by atoms with Crippen LogP contribution in [-0.4, -0.2) is 32.3 Å². The zero-order valence-corrected chi connectivity index (χ0v) is 15.5. The summed E-state index contributed by atoms with van der Waals surface area (Å²) in [6.07, 6.45) is 0.794. The summed E-state index contributed by atoms with van der Waals surface area (Å²) in [4.78, 5) is 14.9. The summed E-state index contributed by atoms with van der Waals surface area (Å²) < 4.78 is 17.6.